The molecule has 5 heterocycles. The number of thiophene rings is 1. The van der Waals surface area contributed by atoms with Crippen molar-refractivity contribution >= 4 is 39.1 Å². The molecule has 0 aliphatic carbocycles. The largest absolute Gasteiger partial charge is 0.374 e. The highest BCUT2D eigenvalue weighted by Gasteiger charge is 2.21. The molecule has 0 aliphatic heterocycles. The average molecular weight is 500 g/mol. The van der Waals surface area contributed by atoms with Gasteiger partial charge in [-0.3, -0.25) is 10.1 Å². The molecule has 0 saturated heterocycles. The lowest BCUT2D eigenvalue weighted by Crippen LogP contribution is -2.24. The summed E-state index contributed by atoms with van der Waals surface area (Å²) in [7, 11) is 0. The van der Waals surface area contributed by atoms with Crippen LogP contribution in [0.25, 0.3) is 55.2 Å². The van der Waals surface area contributed by atoms with Crippen molar-refractivity contribution in [2.75, 3.05) is 5.32 Å². The molecule has 4 N–H and O–H groups in total. The normalized spacial score (nSPS) is 12.6. The lowest BCUT2D eigenvalue weighted by Gasteiger charge is -2.17. The second-order valence-corrected chi connectivity index (χ2v) is 9.78. The Labute approximate surface area is 209 Å². The van der Waals surface area contributed by atoms with E-state index in [2.05, 4.69) is 35.5 Å². The van der Waals surface area contributed by atoms with Crippen LogP contribution >= 0.6 is 11.3 Å². The van der Waals surface area contributed by atoms with E-state index < -0.39 is 12.0 Å². The zero-order valence-electron chi connectivity index (χ0n) is 19.5. The molecule has 180 valence electrons. The molecular weight excluding hydrogens is 477 g/mol. The Morgan fingerprint density at radius 1 is 1.11 bits per heavy atom. The Hall–Kier alpha value is -4.15. The highest BCUT2D eigenvalue weighted by atomic mass is 32.1. The quantitative estimate of drug-likeness (QED) is 0.215. The number of aromatic amines is 2. The Kier molecular flexibility index (Phi) is 5.46. The molecule has 0 amide bonds. The van der Waals surface area contributed by atoms with E-state index >= 15 is 4.39 Å². The van der Waals surface area contributed by atoms with Gasteiger partial charge in [-0.2, -0.15) is 5.10 Å². The first kappa shape index (κ1) is 22.3. The van der Waals surface area contributed by atoms with Crippen LogP contribution in [0.4, 0.5) is 10.1 Å². The zero-order chi connectivity index (χ0) is 24.8. The van der Waals surface area contributed by atoms with Crippen LogP contribution in [-0.4, -0.2) is 41.5 Å². The summed E-state index contributed by atoms with van der Waals surface area (Å²) >= 11 is 1.62. The van der Waals surface area contributed by atoms with Crippen molar-refractivity contribution in [2.24, 2.45) is 5.92 Å². The van der Waals surface area contributed by atoms with E-state index in [1.165, 1.54) is 0 Å². The molecule has 6 aromatic rings. The summed E-state index contributed by atoms with van der Waals surface area (Å²) in [5.41, 5.74) is 4.76. The number of anilines is 1. The second kappa shape index (κ2) is 8.81. The molecule has 1 atom stereocenters. The van der Waals surface area contributed by atoms with E-state index in [0.29, 0.717) is 44.9 Å². The van der Waals surface area contributed by atoms with Gasteiger partial charge < -0.3 is 15.4 Å². The molecule has 0 aliphatic rings. The number of aliphatic hydroxyl groups excluding tert-OH is 1. The van der Waals surface area contributed by atoms with Gasteiger partial charge in [0.05, 0.1) is 28.3 Å². The predicted molar refractivity (Wildman–Crippen MR) is 140 cm³/mol. The van der Waals surface area contributed by atoms with Gasteiger partial charge in [0.2, 0.25) is 0 Å². The third-order valence-electron chi connectivity index (χ3n) is 6.07. The van der Waals surface area contributed by atoms with Gasteiger partial charge in [-0.25, -0.2) is 14.4 Å². The minimum atomic E-state index is -0.740. The number of hydrogen-bond donors (Lipinski definition) is 4. The molecule has 0 bridgehead atoms. The smallest absolute Gasteiger partial charge is 0.178 e. The molecule has 1 unspecified atom stereocenters. The Balaban J connectivity index is 1.45. The number of nitrogens with zero attached hydrogens (tertiary/aromatic N) is 4. The SMILES string of the molecule is CC(C)C(O)Nc1cncc(-c2ccc3[nH]nc(-c4nc5nccc(-c6cccs6)c5[nH]4)c3c2F)c1. The number of rotatable bonds is 6. The van der Waals surface area contributed by atoms with Crippen molar-refractivity contribution in [3.8, 4) is 33.1 Å². The van der Waals surface area contributed by atoms with Gasteiger partial charge in [0.1, 0.15) is 17.7 Å². The van der Waals surface area contributed by atoms with E-state index in [0.717, 1.165) is 16.0 Å². The fraction of sp³-hybridized carbons (Fsp3) is 0.154. The van der Waals surface area contributed by atoms with Crippen LogP contribution in [0.2, 0.25) is 0 Å². The van der Waals surface area contributed by atoms with Crippen molar-refractivity contribution < 1.29 is 9.50 Å². The Morgan fingerprint density at radius 2 is 2.00 bits per heavy atom. The van der Waals surface area contributed by atoms with Crippen LogP contribution in [0.1, 0.15) is 13.8 Å². The molecule has 0 radical (unpaired) electrons. The number of imidazole rings is 1. The van der Waals surface area contributed by atoms with E-state index in [4.69, 9.17) is 0 Å². The van der Waals surface area contributed by atoms with Crippen molar-refractivity contribution in [1.29, 1.82) is 0 Å². The lowest BCUT2D eigenvalue weighted by molar-refractivity contribution is 0.153. The third kappa shape index (κ3) is 3.80. The standard InChI is InChI=1S/C26H22FN7OS/c1-13(2)26(35)30-15-10-14(11-28-12-15)16-5-6-18-20(21(16)27)23(34-33-18)25-31-22-17(19-4-3-9-36-19)7-8-29-24(22)32-25/h3-13,26,30,35H,1-2H3,(H,33,34)(H,29,31,32). The number of fused-ring (bicyclic) bond motifs is 2. The van der Waals surface area contributed by atoms with E-state index in [-0.39, 0.29) is 5.92 Å². The van der Waals surface area contributed by atoms with Crippen LogP contribution in [0.3, 0.4) is 0 Å². The first-order chi connectivity index (χ1) is 17.5. The first-order valence-electron chi connectivity index (χ1n) is 11.4. The maximum absolute atomic E-state index is 16.0. The Morgan fingerprint density at radius 3 is 2.81 bits per heavy atom. The molecule has 0 fully saturated rings. The molecule has 5 aromatic heterocycles. The van der Waals surface area contributed by atoms with Gasteiger partial charge >= 0.3 is 0 Å². The highest BCUT2D eigenvalue weighted by molar-refractivity contribution is 7.13. The monoisotopic (exact) mass is 499 g/mol. The van der Waals surface area contributed by atoms with E-state index in [1.54, 1.807) is 48.1 Å². The van der Waals surface area contributed by atoms with Gasteiger partial charge in [-0.05, 0) is 41.6 Å². The maximum Gasteiger partial charge on any atom is 0.178 e. The molecule has 1 aromatic carbocycles. The lowest BCUT2D eigenvalue weighted by atomic mass is 10.0. The number of nitrogens with one attached hydrogen (secondary N) is 3. The number of H-pyrrole nitrogens is 2. The fourth-order valence-electron chi connectivity index (χ4n) is 4.13. The summed E-state index contributed by atoms with van der Waals surface area (Å²) in [5, 5.41) is 22.8. The van der Waals surface area contributed by atoms with E-state index in [9.17, 15) is 5.11 Å². The summed E-state index contributed by atoms with van der Waals surface area (Å²) in [5.74, 6) is -0.00206. The number of halogens is 1. The van der Waals surface area contributed by atoms with Crippen LogP contribution in [0.15, 0.2) is 60.4 Å². The first-order valence-corrected chi connectivity index (χ1v) is 12.3. The Bertz CT molecular complexity index is 1690. The molecular formula is C26H22FN7OS. The number of pyridine rings is 2. The average Bonchev–Trinajstić information content (AvgIpc) is 3.63. The van der Waals surface area contributed by atoms with Gasteiger partial charge in [0.15, 0.2) is 11.5 Å². The third-order valence-corrected chi connectivity index (χ3v) is 6.97. The van der Waals surface area contributed by atoms with Crippen LogP contribution in [-0.2, 0) is 0 Å². The maximum atomic E-state index is 16.0. The van der Waals surface area contributed by atoms with Gasteiger partial charge in [-0.1, -0.05) is 19.9 Å². The summed E-state index contributed by atoms with van der Waals surface area (Å²) < 4.78 is 16.0. The number of benzene rings is 1. The minimum Gasteiger partial charge on any atom is -0.374 e. The summed E-state index contributed by atoms with van der Waals surface area (Å²) in [4.78, 5) is 17.6. The predicted octanol–water partition coefficient (Wildman–Crippen LogP) is 5.82. The van der Waals surface area contributed by atoms with Gasteiger partial charge in [0.25, 0.3) is 0 Å². The second-order valence-electron chi connectivity index (χ2n) is 8.84. The van der Waals surface area contributed by atoms with Crippen molar-refractivity contribution in [1.82, 2.24) is 30.1 Å². The summed E-state index contributed by atoms with van der Waals surface area (Å²) in [6.45, 7) is 3.81. The molecule has 8 nitrogen and oxygen atoms in total. The van der Waals surface area contributed by atoms with Crippen LogP contribution < -0.4 is 5.32 Å². The van der Waals surface area contributed by atoms with Crippen LogP contribution in [0.5, 0.6) is 0 Å². The molecule has 6 rings (SSSR count). The molecule has 0 spiro atoms. The van der Waals surface area contributed by atoms with Gasteiger partial charge in [0, 0.05) is 34.0 Å². The van der Waals surface area contributed by atoms with Crippen molar-refractivity contribution in [3.63, 3.8) is 0 Å². The summed E-state index contributed by atoms with van der Waals surface area (Å²) in [6.07, 6.45) is 4.17. The van der Waals surface area contributed by atoms with Crippen molar-refractivity contribution in [3.05, 3.63) is 66.2 Å². The minimum absolute atomic E-state index is 0.00821. The molecule has 10 heteroatoms. The number of hydrogen-bond acceptors (Lipinski definition) is 7. The van der Waals surface area contributed by atoms with Gasteiger partial charge in [-0.15, -0.1) is 11.3 Å². The fourth-order valence-corrected chi connectivity index (χ4v) is 4.89. The number of aromatic nitrogens is 6. The number of aliphatic hydroxyl groups is 1. The summed E-state index contributed by atoms with van der Waals surface area (Å²) in [6, 6.07) is 11.2. The highest BCUT2D eigenvalue weighted by Crippen LogP contribution is 2.36. The zero-order valence-corrected chi connectivity index (χ0v) is 20.3. The van der Waals surface area contributed by atoms with Crippen molar-refractivity contribution in [2.45, 2.75) is 20.1 Å². The molecule has 36 heavy (non-hydrogen) atoms. The van der Waals surface area contributed by atoms with E-state index in [1.807, 2.05) is 37.4 Å². The molecule has 0 saturated carbocycles. The topological polar surface area (TPSA) is 115 Å². The van der Waals surface area contributed by atoms with Crippen LogP contribution in [0, 0.1) is 11.7 Å².